The molecule has 2 N–H and O–H groups in total. The zero-order valence-electron chi connectivity index (χ0n) is 13.4. The highest BCUT2D eigenvalue weighted by atomic mass is 79.9. The molecular weight excluding hydrogens is 478 g/mol. The molecule has 26 heavy (non-hydrogen) atoms. The number of fused-ring (bicyclic) bond motifs is 1. The van der Waals surface area contributed by atoms with Crippen LogP contribution in [0.4, 0.5) is 5.69 Å². The van der Waals surface area contributed by atoms with Crippen molar-refractivity contribution in [1.82, 2.24) is 0 Å². The Morgan fingerprint density at radius 3 is 2.54 bits per heavy atom. The Hall–Kier alpha value is -1.89. The van der Waals surface area contributed by atoms with E-state index in [1.807, 2.05) is 35.7 Å². The third kappa shape index (κ3) is 3.24. The molecule has 130 valence electrons. The molecule has 0 spiro atoms. The highest BCUT2D eigenvalue weighted by Crippen LogP contribution is 2.37. The Balaban J connectivity index is 1.69. The lowest BCUT2D eigenvalue weighted by Gasteiger charge is -2.05. The average molecular weight is 491 g/mol. The number of halogens is 2. The lowest BCUT2D eigenvalue weighted by atomic mass is 9.99. The van der Waals surface area contributed by atoms with Crippen molar-refractivity contribution in [3.63, 3.8) is 0 Å². The van der Waals surface area contributed by atoms with Crippen molar-refractivity contribution in [2.45, 2.75) is 6.42 Å². The number of nitrogens with one attached hydrogen (secondary N) is 1. The van der Waals surface area contributed by atoms with Crippen LogP contribution in [0.5, 0.6) is 5.75 Å². The van der Waals surface area contributed by atoms with Gasteiger partial charge in [-0.1, -0.05) is 12.1 Å². The molecule has 0 saturated carbocycles. The summed E-state index contributed by atoms with van der Waals surface area (Å²) < 4.78 is 1.24. The summed E-state index contributed by atoms with van der Waals surface area (Å²) in [6, 6.07) is 11.8. The molecular formula is C20H13Br2NO2S. The molecule has 3 nitrogen and oxygen atoms in total. The molecule has 1 aromatic heterocycles. The van der Waals surface area contributed by atoms with Crippen LogP contribution in [-0.4, -0.2) is 11.0 Å². The first-order valence-electron chi connectivity index (χ1n) is 7.88. The lowest BCUT2D eigenvalue weighted by Crippen LogP contribution is -2.04. The molecule has 1 aliphatic heterocycles. The molecule has 0 aliphatic carbocycles. The first-order chi connectivity index (χ1) is 12.5. The third-order valence-corrected chi connectivity index (χ3v) is 6.17. The molecule has 0 bridgehead atoms. The Kier molecular flexibility index (Phi) is 4.73. The van der Waals surface area contributed by atoms with Crippen LogP contribution in [0.1, 0.15) is 11.1 Å². The van der Waals surface area contributed by atoms with E-state index in [1.54, 1.807) is 11.3 Å². The van der Waals surface area contributed by atoms with Gasteiger partial charge in [0.2, 0.25) is 0 Å². The van der Waals surface area contributed by atoms with Gasteiger partial charge in [-0.05, 0) is 96.1 Å². The summed E-state index contributed by atoms with van der Waals surface area (Å²) in [5.41, 5.74) is 5.69. The normalized spacial score (nSPS) is 14.5. The number of anilines is 1. The van der Waals surface area contributed by atoms with E-state index in [0.717, 1.165) is 27.9 Å². The number of carbonyl (C=O) groups excluding carboxylic acids is 1. The molecule has 0 atom stereocenters. The summed E-state index contributed by atoms with van der Waals surface area (Å²) in [6.07, 6.45) is 2.52. The molecule has 0 saturated heterocycles. The Labute approximate surface area is 171 Å². The van der Waals surface area contributed by atoms with E-state index in [2.05, 4.69) is 54.7 Å². The summed E-state index contributed by atoms with van der Waals surface area (Å²) in [5, 5.41) is 16.9. The van der Waals surface area contributed by atoms with Gasteiger partial charge in [0.15, 0.2) is 0 Å². The van der Waals surface area contributed by atoms with Gasteiger partial charge in [0.25, 0.3) is 5.91 Å². The van der Waals surface area contributed by atoms with Crippen molar-refractivity contribution in [2.75, 3.05) is 5.32 Å². The first-order valence-corrected chi connectivity index (χ1v) is 10.4. The number of hydrogen-bond donors (Lipinski definition) is 2. The molecule has 1 amide bonds. The van der Waals surface area contributed by atoms with Crippen LogP contribution >= 0.6 is 43.2 Å². The van der Waals surface area contributed by atoms with Crippen LogP contribution < -0.4 is 5.32 Å². The standard InChI is InChI=1S/C20H13Br2NO2S/c21-16-7-11(8-17(22)19(16)24)1-3-14-15-9-12(13-5-6-26-10-13)2-4-18(15)23-20(14)25/h2-10,24H,1H2,(H,23,25)/b14-3-. The predicted octanol–water partition coefficient (Wildman–Crippen LogP) is 6.22. The smallest absolute Gasteiger partial charge is 0.256 e. The Morgan fingerprint density at radius 2 is 1.85 bits per heavy atom. The van der Waals surface area contributed by atoms with E-state index in [0.29, 0.717) is 20.9 Å². The molecule has 3 aromatic rings. The molecule has 0 radical (unpaired) electrons. The van der Waals surface area contributed by atoms with Crippen molar-refractivity contribution < 1.29 is 9.90 Å². The van der Waals surface area contributed by atoms with Gasteiger partial charge in [0, 0.05) is 16.8 Å². The van der Waals surface area contributed by atoms with Gasteiger partial charge < -0.3 is 10.4 Å². The molecule has 2 aromatic carbocycles. The van der Waals surface area contributed by atoms with Crippen LogP contribution in [0.2, 0.25) is 0 Å². The van der Waals surface area contributed by atoms with E-state index >= 15 is 0 Å². The lowest BCUT2D eigenvalue weighted by molar-refractivity contribution is -0.110. The SMILES string of the molecule is O=C1Nc2ccc(-c3ccsc3)cc2/C1=C/Cc1cc(Br)c(O)c(Br)c1. The Bertz CT molecular complexity index is 1020. The fourth-order valence-corrected chi connectivity index (χ4v) is 4.90. The number of amides is 1. The predicted molar refractivity (Wildman–Crippen MR) is 114 cm³/mol. The average Bonchev–Trinajstić information content (AvgIpc) is 3.24. The molecule has 2 heterocycles. The minimum Gasteiger partial charge on any atom is -0.506 e. The van der Waals surface area contributed by atoms with Crippen LogP contribution in [-0.2, 0) is 11.2 Å². The van der Waals surface area contributed by atoms with Gasteiger partial charge >= 0.3 is 0 Å². The van der Waals surface area contributed by atoms with Crippen LogP contribution in [0, 0.1) is 0 Å². The van der Waals surface area contributed by atoms with Crippen LogP contribution in [0.3, 0.4) is 0 Å². The third-order valence-electron chi connectivity index (χ3n) is 4.28. The first kappa shape index (κ1) is 17.5. The van der Waals surface area contributed by atoms with Gasteiger partial charge in [-0.3, -0.25) is 4.79 Å². The number of aromatic hydroxyl groups is 1. The minimum absolute atomic E-state index is 0.0839. The molecule has 1 aliphatic rings. The van der Waals surface area contributed by atoms with E-state index < -0.39 is 0 Å². The van der Waals surface area contributed by atoms with E-state index in [-0.39, 0.29) is 11.7 Å². The maximum absolute atomic E-state index is 12.4. The number of phenolic OH excluding ortho intramolecular Hbond substituents is 1. The quantitative estimate of drug-likeness (QED) is 0.428. The summed E-state index contributed by atoms with van der Waals surface area (Å²) >= 11 is 8.34. The number of benzene rings is 2. The molecule has 4 rings (SSSR count). The zero-order valence-corrected chi connectivity index (χ0v) is 17.4. The second kappa shape index (κ2) is 7.02. The number of thiophene rings is 1. The van der Waals surface area contributed by atoms with Crippen molar-refractivity contribution in [1.29, 1.82) is 0 Å². The Morgan fingerprint density at radius 1 is 1.08 bits per heavy atom. The van der Waals surface area contributed by atoms with Gasteiger partial charge in [-0.25, -0.2) is 0 Å². The monoisotopic (exact) mass is 489 g/mol. The van der Waals surface area contributed by atoms with E-state index in [9.17, 15) is 9.90 Å². The number of allylic oxidation sites excluding steroid dienone is 1. The van der Waals surface area contributed by atoms with Gasteiger partial charge in [0.1, 0.15) is 5.75 Å². The van der Waals surface area contributed by atoms with E-state index in [1.165, 1.54) is 0 Å². The van der Waals surface area contributed by atoms with Gasteiger partial charge in [-0.2, -0.15) is 11.3 Å². The highest BCUT2D eigenvalue weighted by Gasteiger charge is 2.24. The number of hydrogen-bond acceptors (Lipinski definition) is 3. The maximum atomic E-state index is 12.4. The van der Waals surface area contributed by atoms with Crippen molar-refractivity contribution in [3.05, 3.63) is 73.3 Å². The van der Waals surface area contributed by atoms with Gasteiger partial charge in [-0.15, -0.1) is 0 Å². The summed E-state index contributed by atoms with van der Waals surface area (Å²) in [7, 11) is 0. The highest BCUT2D eigenvalue weighted by molar-refractivity contribution is 9.11. The molecule has 0 unspecified atom stereocenters. The molecule has 6 heteroatoms. The van der Waals surface area contributed by atoms with Gasteiger partial charge in [0.05, 0.1) is 8.95 Å². The van der Waals surface area contributed by atoms with Crippen LogP contribution in [0.25, 0.3) is 16.7 Å². The van der Waals surface area contributed by atoms with E-state index in [4.69, 9.17) is 0 Å². The minimum atomic E-state index is -0.0839. The molecule has 0 fully saturated rings. The summed E-state index contributed by atoms with van der Waals surface area (Å²) in [6.45, 7) is 0. The topological polar surface area (TPSA) is 49.3 Å². The maximum Gasteiger partial charge on any atom is 0.256 e. The van der Waals surface area contributed by atoms with Crippen molar-refractivity contribution in [2.24, 2.45) is 0 Å². The fourth-order valence-electron chi connectivity index (χ4n) is 2.95. The fraction of sp³-hybridized carbons (Fsp3) is 0.0500. The van der Waals surface area contributed by atoms with Crippen LogP contribution in [0.15, 0.2) is 62.2 Å². The number of carbonyl (C=O) groups is 1. The number of rotatable bonds is 3. The summed E-state index contributed by atoms with van der Waals surface area (Å²) in [4.78, 5) is 12.4. The van der Waals surface area contributed by atoms with Crippen molar-refractivity contribution >= 4 is 60.4 Å². The second-order valence-corrected chi connectivity index (χ2v) is 8.45. The number of phenols is 1. The largest absolute Gasteiger partial charge is 0.506 e. The second-order valence-electron chi connectivity index (χ2n) is 5.96. The summed E-state index contributed by atoms with van der Waals surface area (Å²) in [5.74, 6) is 0.0881. The van der Waals surface area contributed by atoms with Crippen molar-refractivity contribution in [3.8, 4) is 16.9 Å². The zero-order chi connectivity index (χ0) is 18.3.